The normalized spacial score (nSPS) is 18.1. The van der Waals surface area contributed by atoms with Gasteiger partial charge in [-0.05, 0) is 67.6 Å². The molecule has 2 nitrogen and oxygen atoms in total. The van der Waals surface area contributed by atoms with Crippen LogP contribution in [-0.2, 0) is 6.42 Å². The predicted molar refractivity (Wildman–Crippen MR) is 147 cm³/mol. The first kappa shape index (κ1) is 27.8. The number of halogens is 1. The summed E-state index contributed by atoms with van der Waals surface area (Å²) in [4.78, 5) is 9.25. The van der Waals surface area contributed by atoms with Crippen molar-refractivity contribution in [2.75, 3.05) is 0 Å². The van der Waals surface area contributed by atoms with Crippen molar-refractivity contribution in [1.82, 2.24) is 9.97 Å². The van der Waals surface area contributed by atoms with Gasteiger partial charge in [0.1, 0.15) is 5.82 Å². The van der Waals surface area contributed by atoms with Crippen LogP contribution in [0.1, 0.15) is 140 Å². The summed E-state index contributed by atoms with van der Waals surface area (Å²) in [6.45, 7) is 4.52. The van der Waals surface area contributed by atoms with Crippen molar-refractivity contribution in [3.8, 4) is 11.4 Å². The molecule has 3 rings (SSSR count). The van der Waals surface area contributed by atoms with E-state index in [0.29, 0.717) is 11.7 Å². The van der Waals surface area contributed by atoms with Crippen molar-refractivity contribution < 1.29 is 4.39 Å². The highest BCUT2D eigenvalue weighted by molar-refractivity contribution is 5.55. The number of rotatable bonds is 16. The molecule has 1 aromatic heterocycles. The van der Waals surface area contributed by atoms with Gasteiger partial charge in [0, 0.05) is 18.0 Å². The monoisotopic (exact) mass is 480 g/mol. The maximum atomic E-state index is 14.7. The van der Waals surface area contributed by atoms with E-state index in [4.69, 9.17) is 0 Å². The Labute approximate surface area is 214 Å². The maximum absolute atomic E-state index is 14.7. The SMILES string of the molecule is CCCCCCCCc1ccc(-c2ncc([C@H]3CC[C@H](CCCCCCCC)CC3)cn2)cc1F. The van der Waals surface area contributed by atoms with Crippen LogP contribution < -0.4 is 0 Å². The van der Waals surface area contributed by atoms with Crippen LogP contribution in [0.5, 0.6) is 0 Å². The van der Waals surface area contributed by atoms with Gasteiger partial charge in [-0.1, -0.05) is 103 Å². The molecule has 0 radical (unpaired) electrons. The Morgan fingerprint density at radius 3 is 1.97 bits per heavy atom. The number of hydrogen-bond donors (Lipinski definition) is 0. The van der Waals surface area contributed by atoms with Gasteiger partial charge in [-0.3, -0.25) is 0 Å². The Kier molecular flexibility index (Phi) is 12.8. The van der Waals surface area contributed by atoms with Crippen LogP contribution in [0.15, 0.2) is 30.6 Å². The first-order valence-corrected chi connectivity index (χ1v) is 14.8. The lowest BCUT2D eigenvalue weighted by Crippen LogP contribution is -2.14. The highest BCUT2D eigenvalue weighted by atomic mass is 19.1. The molecule has 0 atom stereocenters. The second kappa shape index (κ2) is 16.1. The molecule has 1 heterocycles. The molecule has 0 spiro atoms. The summed E-state index contributed by atoms with van der Waals surface area (Å²) in [5, 5.41) is 0. The molecule has 2 aromatic rings. The third kappa shape index (κ3) is 9.66. The van der Waals surface area contributed by atoms with Gasteiger partial charge in [0.05, 0.1) is 0 Å². The molecule has 1 fully saturated rings. The highest BCUT2D eigenvalue weighted by Crippen LogP contribution is 2.37. The van der Waals surface area contributed by atoms with Crippen molar-refractivity contribution >= 4 is 0 Å². The van der Waals surface area contributed by atoms with E-state index in [-0.39, 0.29) is 5.82 Å². The van der Waals surface area contributed by atoms with Gasteiger partial charge in [-0.25, -0.2) is 14.4 Å². The number of benzene rings is 1. The number of hydrogen-bond acceptors (Lipinski definition) is 2. The molecule has 1 aliphatic carbocycles. The Bertz CT molecular complexity index is 824. The van der Waals surface area contributed by atoms with Crippen LogP contribution in [-0.4, -0.2) is 9.97 Å². The second-order valence-electron chi connectivity index (χ2n) is 10.9. The van der Waals surface area contributed by atoms with Crippen molar-refractivity contribution in [1.29, 1.82) is 0 Å². The maximum Gasteiger partial charge on any atom is 0.159 e. The zero-order valence-corrected chi connectivity index (χ0v) is 22.5. The molecule has 1 aromatic carbocycles. The van der Waals surface area contributed by atoms with Crippen LogP contribution in [0, 0.1) is 11.7 Å². The number of nitrogens with zero attached hydrogens (tertiary/aromatic N) is 2. The van der Waals surface area contributed by atoms with Crippen LogP contribution in [0.3, 0.4) is 0 Å². The molecule has 0 aliphatic heterocycles. The molecule has 1 aliphatic rings. The van der Waals surface area contributed by atoms with Crippen molar-refractivity contribution in [3.05, 3.63) is 47.5 Å². The van der Waals surface area contributed by atoms with E-state index in [2.05, 4.69) is 23.8 Å². The number of unbranched alkanes of at least 4 members (excludes halogenated alkanes) is 10. The molecule has 3 heteroatoms. The van der Waals surface area contributed by atoms with Gasteiger partial charge in [0.25, 0.3) is 0 Å². The summed E-state index contributed by atoms with van der Waals surface area (Å²) in [5.41, 5.74) is 2.86. The van der Waals surface area contributed by atoms with Crippen molar-refractivity contribution in [2.45, 2.75) is 135 Å². The van der Waals surface area contributed by atoms with Crippen LogP contribution in [0.25, 0.3) is 11.4 Å². The Morgan fingerprint density at radius 1 is 0.743 bits per heavy atom. The van der Waals surface area contributed by atoms with Gasteiger partial charge in [-0.2, -0.15) is 0 Å². The van der Waals surface area contributed by atoms with Crippen LogP contribution in [0.4, 0.5) is 4.39 Å². The lowest BCUT2D eigenvalue weighted by Gasteiger charge is -2.28. The summed E-state index contributed by atoms with van der Waals surface area (Å²) >= 11 is 0. The molecule has 0 bridgehead atoms. The van der Waals surface area contributed by atoms with E-state index >= 15 is 0 Å². The lowest BCUT2D eigenvalue weighted by molar-refractivity contribution is 0.301. The fourth-order valence-electron chi connectivity index (χ4n) is 5.68. The average Bonchev–Trinajstić information content (AvgIpc) is 2.89. The first-order chi connectivity index (χ1) is 17.2. The summed E-state index contributed by atoms with van der Waals surface area (Å²) < 4.78 is 14.7. The van der Waals surface area contributed by atoms with Crippen LogP contribution >= 0.6 is 0 Å². The van der Waals surface area contributed by atoms with Gasteiger partial charge in [0.15, 0.2) is 5.82 Å². The third-order valence-corrected chi connectivity index (χ3v) is 8.07. The molecular formula is C32H49FN2. The highest BCUT2D eigenvalue weighted by Gasteiger charge is 2.22. The quantitative estimate of drug-likeness (QED) is 0.223. The standard InChI is InChI=1S/C32H49FN2/c1-3-5-7-9-11-13-15-26-17-19-27(20-18-26)30-24-34-32(35-25-30)29-22-21-28(31(33)23-29)16-14-12-10-8-6-4-2/h21-27H,3-20H2,1-2H3/t26-,27-. The lowest BCUT2D eigenvalue weighted by atomic mass is 9.77. The molecular weight excluding hydrogens is 431 g/mol. The zero-order chi connectivity index (χ0) is 24.7. The Balaban J connectivity index is 1.41. The average molecular weight is 481 g/mol. The molecule has 0 amide bonds. The topological polar surface area (TPSA) is 25.8 Å². The van der Waals surface area contributed by atoms with E-state index in [1.807, 2.05) is 24.5 Å². The molecule has 194 valence electrons. The molecule has 35 heavy (non-hydrogen) atoms. The number of aromatic nitrogens is 2. The Morgan fingerprint density at radius 2 is 1.34 bits per heavy atom. The summed E-state index contributed by atoms with van der Waals surface area (Å²) in [6, 6.07) is 5.53. The fraction of sp³-hybridized carbons (Fsp3) is 0.688. The second-order valence-corrected chi connectivity index (χ2v) is 10.9. The largest absolute Gasteiger partial charge is 0.236 e. The van der Waals surface area contributed by atoms with Gasteiger partial charge >= 0.3 is 0 Å². The minimum atomic E-state index is -0.118. The fourth-order valence-corrected chi connectivity index (χ4v) is 5.68. The molecule has 0 N–H and O–H groups in total. The van der Waals surface area contributed by atoms with E-state index in [1.165, 1.54) is 108 Å². The summed E-state index contributed by atoms with van der Waals surface area (Å²) in [7, 11) is 0. The third-order valence-electron chi connectivity index (χ3n) is 8.07. The van der Waals surface area contributed by atoms with Crippen molar-refractivity contribution in [3.63, 3.8) is 0 Å². The zero-order valence-electron chi connectivity index (χ0n) is 22.5. The molecule has 0 unspecified atom stereocenters. The minimum absolute atomic E-state index is 0.118. The van der Waals surface area contributed by atoms with Gasteiger partial charge < -0.3 is 0 Å². The summed E-state index contributed by atoms with van der Waals surface area (Å²) in [6.07, 6.45) is 27.1. The molecule has 0 saturated heterocycles. The van der Waals surface area contributed by atoms with Gasteiger partial charge in [0.2, 0.25) is 0 Å². The van der Waals surface area contributed by atoms with Gasteiger partial charge in [-0.15, -0.1) is 0 Å². The smallest absolute Gasteiger partial charge is 0.159 e. The molecule has 1 saturated carbocycles. The minimum Gasteiger partial charge on any atom is -0.236 e. The predicted octanol–water partition coefficient (Wildman–Crippen LogP) is 10.2. The summed E-state index contributed by atoms with van der Waals surface area (Å²) in [5.74, 6) is 2.01. The first-order valence-electron chi connectivity index (χ1n) is 14.8. The van der Waals surface area contributed by atoms with E-state index in [0.717, 1.165) is 29.9 Å². The van der Waals surface area contributed by atoms with E-state index < -0.39 is 0 Å². The van der Waals surface area contributed by atoms with Crippen molar-refractivity contribution in [2.24, 2.45) is 5.92 Å². The Hall–Kier alpha value is -1.77. The van der Waals surface area contributed by atoms with E-state index in [9.17, 15) is 4.39 Å². The van der Waals surface area contributed by atoms with E-state index in [1.54, 1.807) is 6.07 Å². The van der Waals surface area contributed by atoms with Crippen LogP contribution in [0.2, 0.25) is 0 Å². The number of aryl methyl sites for hydroxylation is 1.